The Morgan fingerprint density at radius 1 is 1.19 bits per heavy atom. The molecule has 5 nitrogen and oxygen atoms in total. The van der Waals surface area contributed by atoms with Crippen LogP contribution < -0.4 is 10.2 Å². The number of piperazine rings is 1. The number of hydrogen-bond acceptors (Lipinski definition) is 2. The van der Waals surface area contributed by atoms with Crippen LogP contribution in [0.1, 0.15) is 19.4 Å². The summed E-state index contributed by atoms with van der Waals surface area (Å²) in [4.78, 5) is 26.4. The second-order valence-electron chi connectivity index (χ2n) is 5.53. The maximum atomic E-state index is 12.0. The minimum absolute atomic E-state index is 0.0329. The van der Waals surface area contributed by atoms with Crippen molar-refractivity contribution in [2.24, 2.45) is 0 Å². The van der Waals surface area contributed by atoms with E-state index >= 15 is 0 Å². The van der Waals surface area contributed by atoms with E-state index < -0.39 is 0 Å². The van der Waals surface area contributed by atoms with E-state index in [-0.39, 0.29) is 11.8 Å². The molecule has 0 spiro atoms. The largest absolute Gasteiger partial charge is 0.332 e. The van der Waals surface area contributed by atoms with Gasteiger partial charge in [0.05, 0.1) is 26.2 Å². The SMILES string of the molecule is CCc1ccc(NC(=O)C[NH+]2CCN(C(C)=O)CC2)cc1. The number of benzene rings is 1. The van der Waals surface area contributed by atoms with Gasteiger partial charge in [-0.3, -0.25) is 9.59 Å². The Hall–Kier alpha value is -1.88. The molecule has 0 unspecified atom stereocenters. The van der Waals surface area contributed by atoms with Gasteiger partial charge in [-0.05, 0) is 24.1 Å². The molecular formula is C16H24N3O2+. The highest BCUT2D eigenvalue weighted by Gasteiger charge is 2.23. The van der Waals surface area contributed by atoms with Crippen molar-refractivity contribution in [3.63, 3.8) is 0 Å². The van der Waals surface area contributed by atoms with Crippen molar-refractivity contribution in [1.82, 2.24) is 4.90 Å². The number of rotatable bonds is 4. The van der Waals surface area contributed by atoms with Crippen LogP contribution in [-0.4, -0.2) is 49.4 Å². The van der Waals surface area contributed by atoms with Crippen LogP contribution in [0.15, 0.2) is 24.3 Å². The van der Waals surface area contributed by atoms with Gasteiger partial charge in [-0.2, -0.15) is 0 Å². The molecule has 0 aromatic heterocycles. The fourth-order valence-electron chi connectivity index (χ4n) is 2.57. The highest BCUT2D eigenvalue weighted by molar-refractivity contribution is 5.91. The second kappa shape index (κ2) is 7.22. The molecule has 114 valence electrons. The molecule has 2 rings (SSSR count). The van der Waals surface area contributed by atoms with Crippen LogP contribution in [-0.2, 0) is 16.0 Å². The predicted molar refractivity (Wildman–Crippen MR) is 82.3 cm³/mol. The zero-order valence-corrected chi connectivity index (χ0v) is 12.8. The number of hydrogen-bond donors (Lipinski definition) is 2. The first-order valence-electron chi connectivity index (χ1n) is 7.56. The Kier molecular flexibility index (Phi) is 5.33. The average Bonchev–Trinajstić information content (AvgIpc) is 2.48. The van der Waals surface area contributed by atoms with Crippen LogP contribution in [0.4, 0.5) is 5.69 Å². The summed E-state index contributed by atoms with van der Waals surface area (Å²) in [6, 6.07) is 7.96. The maximum Gasteiger partial charge on any atom is 0.279 e. The molecule has 1 aromatic carbocycles. The number of carbonyl (C=O) groups excluding carboxylic acids is 2. The quantitative estimate of drug-likeness (QED) is 0.816. The number of aryl methyl sites for hydroxylation is 1. The zero-order valence-electron chi connectivity index (χ0n) is 12.8. The van der Waals surface area contributed by atoms with Crippen molar-refractivity contribution in [2.45, 2.75) is 20.3 Å². The summed E-state index contributed by atoms with van der Waals surface area (Å²) >= 11 is 0. The van der Waals surface area contributed by atoms with Gasteiger partial charge in [-0.15, -0.1) is 0 Å². The van der Waals surface area contributed by atoms with Gasteiger partial charge in [0, 0.05) is 12.6 Å². The molecule has 0 aliphatic carbocycles. The number of anilines is 1. The van der Waals surface area contributed by atoms with Gasteiger partial charge in [0.2, 0.25) is 5.91 Å². The Morgan fingerprint density at radius 3 is 2.33 bits per heavy atom. The van der Waals surface area contributed by atoms with Crippen molar-refractivity contribution in [3.05, 3.63) is 29.8 Å². The van der Waals surface area contributed by atoms with Crippen molar-refractivity contribution < 1.29 is 14.5 Å². The third-order valence-electron chi connectivity index (χ3n) is 3.97. The van der Waals surface area contributed by atoms with Crippen LogP contribution in [0.2, 0.25) is 0 Å². The number of quaternary nitrogens is 1. The number of carbonyl (C=O) groups is 2. The predicted octanol–water partition coefficient (Wildman–Crippen LogP) is -0.0655. The Morgan fingerprint density at radius 2 is 1.81 bits per heavy atom. The number of amides is 2. The van der Waals surface area contributed by atoms with Crippen molar-refractivity contribution >= 4 is 17.5 Å². The Balaban J connectivity index is 1.78. The molecular weight excluding hydrogens is 266 g/mol. The van der Waals surface area contributed by atoms with E-state index in [1.165, 1.54) is 10.5 Å². The number of nitrogens with one attached hydrogen (secondary N) is 2. The summed E-state index contributed by atoms with van der Waals surface area (Å²) in [6.45, 7) is 7.31. The van der Waals surface area contributed by atoms with Gasteiger partial charge in [0.15, 0.2) is 6.54 Å². The van der Waals surface area contributed by atoms with Gasteiger partial charge in [0.1, 0.15) is 0 Å². The summed E-state index contributed by atoms with van der Waals surface area (Å²) in [5, 5.41) is 2.93. The Bertz CT molecular complexity index is 491. The average molecular weight is 290 g/mol. The first-order chi connectivity index (χ1) is 10.1. The molecule has 5 heteroatoms. The standard InChI is InChI=1S/C16H23N3O2/c1-3-14-4-6-15(7-5-14)17-16(21)12-18-8-10-19(11-9-18)13(2)20/h4-7H,3,8-12H2,1-2H3,(H,17,21)/p+1. The molecule has 21 heavy (non-hydrogen) atoms. The first kappa shape index (κ1) is 15.5. The lowest BCUT2D eigenvalue weighted by Gasteiger charge is -2.31. The molecule has 0 radical (unpaired) electrons. The molecule has 1 aliphatic rings. The molecule has 0 bridgehead atoms. The minimum atomic E-state index is 0.0329. The van der Waals surface area contributed by atoms with E-state index in [1.807, 2.05) is 29.2 Å². The summed E-state index contributed by atoms with van der Waals surface area (Å²) in [6.07, 6.45) is 0.999. The van der Waals surface area contributed by atoms with Crippen LogP contribution in [0, 0.1) is 0 Å². The van der Waals surface area contributed by atoms with Crippen LogP contribution in [0.5, 0.6) is 0 Å². The van der Waals surface area contributed by atoms with E-state index in [0.717, 1.165) is 38.3 Å². The van der Waals surface area contributed by atoms with Crippen LogP contribution in [0.25, 0.3) is 0 Å². The van der Waals surface area contributed by atoms with Crippen molar-refractivity contribution in [1.29, 1.82) is 0 Å². The van der Waals surface area contributed by atoms with Gasteiger partial charge in [-0.1, -0.05) is 19.1 Å². The van der Waals surface area contributed by atoms with Crippen molar-refractivity contribution in [2.75, 3.05) is 38.0 Å². The first-order valence-corrected chi connectivity index (χ1v) is 7.56. The fourth-order valence-corrected chi connectivity index (χ4v) is 2.57. The normalized spacial score (nSPS) is 15.8. The van der Waals surface area contributed by atoms with E-state index in [4.69, 9.17) is 0 Å². The minimum Gasteiger partial charge on any atom is -0.332 e. The van der Waals surface area contributed by atoms with Gasteiger partial charge in [-0.25, -0.2) is 0 Å². The van der Waals surface area contributed by atoms with E-state index in [2.05, 4.69) is 12.2 Å². The molecule has 2 N–H and O–H groups in total. The van der Waals surface area contributed by atoms with Gasteiger partial charge >= 0.3 is 0 Å². The Labute approximate surface area is 125 Å². The van der Waals surface area contributed by atoms with Crippen molar-refractivity contribution in [3.8, 4) is 0 Å². The summed E-state index contributed by atoms with van der Waals surface area (Å²) in [5.41, 5.74) is 2.11. The fraction of sp³-hybridized carbons (Fsp3) is 0.500. The molecule has 1 heterocycles. The molecule has 1 saturated heterocycles. The van der Waals surface area contributed by atoms with Gasteiger partial charge in [0.25, 0.3) is 5.91 Å². The maximum absolute atomic E-state index is 12.0. The summed E-state index contributed by atoms with van der Waals surface area (Å²) < 4.78 is 0. The molecule has 1 fully saturated rings. The van der Waals surface area contributed by atoms with Crippen LogP contribution >= 0.6 is 0 Å². The smallest absolute Gasteiger partial charge is 0.279 e. The lowest BCUT2D eigenvalue weighted by molar-refractivity contribution is -0.895. The summed E-state index contributed by atoms with van der Waals surface area (Å²) in [7, 11) is 0. The zero-order chi connectivity index (χ0) is 15.2. The lowest BCUT2D eigenvalue weighted by Crippen LogP contribution is -3.15. The number of nitrogens with zero attached hydrogens (tertiary/aromatic N) is 1. The third-order valence-corrected chi connectivity index (χ3v) is 3.97. The van der Waals surface area contributed by atoms with E-state index in [1.54, 1.807) is 6.92 Å². The highest BCUT2D eigenvalue weighted by atomic mass is 16.2. The second-order valence-corrected chi connectivity index (χ2v) is 5.53. The third kappa shape index (κ3) is 4.56. The lowest BCUT2D eigenvalue weighted by atomic mass is 10.1. The highest BCUT2D eigenvalue weighted by Crippen LogP contribution is 2.09. The molecule has 1 aliphatic heterocycles. The van der Waals surface area contributed by atoms with Crippen LogP contribution in [0.3, 0.4) is 0 Å². The topological polar surface area (TPSA) is 53.9 Å². The molecule has 2 amide bonds. The molecule has 0 saturated carbocycles. The molecule has 0 atom stereocenters. The molecule has 1 aromatic rings. The van der Waals surface area contributed by atoms with E-state index in [9.17, 15) is 9.59 Å². The summed E-state index contributed by atoms with van der Waals surface area (Å²) in [5.74, 6) is 0.153. The van der Waals surface area contributed by atoms with Gasteiger partial charge < -0.3 is 15.1 Å². The monoisotopic (exact) mass is 290 g/mol. The van der Waals surface area contributed by atoms with E-state index in [0.29, 0.717) is 6.54 Å².